The zero-order valence-corrected chi connectivity index (χ0v) is 18.7. The molecule has 1 fully saturated rings. The highest BCUT2D eigenvalue weighted by Gasteiger charge is 2.48. The Morgan fingerprint density at radius 2 is 1.85 bits per heavy atom. The summed E-state index contributed by atoms with van der Waals surface area (Å²) in [6, 6.07) is 9.39. The van der Waals surface area contributed by atoms with Crippen LogP contribution in [0.25, 0.3) is 11.6 Å². The SMILES string of the molecule is C[C@@H]1CC2=C(Cc3ccccc32)[C@@H](c2c(F)cc(/C=C/C(=O)O)cc2F)N1CC1CC(F)(F)C1. The van der Waals surface area contributed by atoms with Gasteiger partial charge in [-0.2, -0.15) is 0 Å². The molecule has 0 unspecified atom stereocenters. The van der Waals surface area contributed by atoms with Gasteiger partial charge >= 0.3 is 5.97 Å². The monoisotopic (exact) mass is 471 g/mol. The molecule has 1 N–H and O–H groups in total. The van der Waals surface area contributed by atoms with Gasteiger partial charge in [-0.05, 0) is 71.7 Å². The number of benzene rings is 2. The lowest BCUT2D eigenvalue weighted by Crippen LogP contribution is -2.48. The van der Waals surface area contributed by atoms with E-state index in [9.17, 15) is 13.6 Å². The fourth-order valence-corrected chi connectivity index (χ4v) is 5.79. The van der Waals surface area contributed by atoms with Crippen LogP contribution in [-0.4, -0.2) is 34.5 Å². The minimum Gasteiger partial charge on any atom is -0.478 e. The zero-order valence-electron chi connectivity index (χ0n) is 18.7. The van der Waals surface area contributed by atoms with Crippen LogP contribution in [0.3, 0.4) is 0 Å². The highest BCUT2D eigenvalue weighted by Crippen LogP contribution is 2.51. The van der Waals surface area contributed by atoms with E-state index >= 15 is 8.78 Å². The summed E-state index contributed by atoms with van der Waals surface area (Å²) in [6.45, 7) is 2.32. The van der Waals surface area contributed by atoms with Crippen molar-refractivity contribution < 1.29 is 27.5 Å². The topological polar surface area (TPSA) is 40.5 Å². The molecular weight excluding hydrogens is 446 g/mol. The van der Waals surface area contributed by atoms with Crippen LogP contribution in [0, 0.1) is 17.6 Å². The average Bonchev–Trinajstić information content (AvgIpc) is 3.10. The quantitative estimate of drug-likeness (QED) is 0.414. The number of hydrogen-bond acceptors (Lipinski definition) is 2. The molecule has 2 atom stereocenters. The van der Waals surface area contributed by atoms with Gasteiger partial charge < -0.3 is 5.11 Å². The largest absolute Gasteiger partial charge is 0.478 e. The van der Waals surface area contributed by atoms with E-state index in [-0.39, 0.29) is 35.9 Å². The number of rotatable bonds is 5. The molecule has 0 saturated heterocycles. The van der Waals surface area contributed by atoms with Crippen molar-refractivity contribution >= 4 is 17.6 Å². The Balaban J connectivity index is 1.58. The van der Waals surface area contributed by atoms with Gasteiger partial charge in [-0.1, -0.05) is 24.3 Å². The Morgan fingerprint density at radius 3 is 2.50 bits per heavy atom. The van der Waals surface area contributed by atoms with Crippen LogP contribution in [0.2, 0.25) is 0 Å². The van der Waals surface area contributed by atoms with Crippen molar-refractivity contribution in [1.29, 1.82) is 0 Å². The molecule has 0 bridgehead atoms. The van der Waals surface area contributed by atoms with Crippen molar-refractivity contribution in [2.24, 2.45) is 5.92 Å². The van der Waals surface area contributed by atoms with Gasteiger partial charge in [0.1, 0.15) is 11.6 Å². The molecule has 0 spiro atoms. The Morgan fingerprint density at radius 1 is 1.18 bits per heavy atom. The first-order chi connectivity index (χ1) is 16.1. The molecule has 5 rings (SSSR count). The molecule has 34 heavy (non-hydrogen) atoms. The Labute approximate surface area is 195 Å². The molecule has 178 valence electrons. The Bertz CT molecular complexity index is 1190. The first-order valence-electron chi connectivity index (χ1n) is 11.5. The summed E-state index contributed by atoms with van der Waals surface area (Å²) in [7, 11) is 0. The molecule has 2 aliphatic carbocycles. The van der Waals surface area contributed by atoms with E-state index < -0.39 is 29.6 Å². The van der Waals surface area contributed by atoms with Crippen LogP contribution in [0.5, 0.6) is 0 Å². The Hall–Kier alpha value is -2.93. The lowest BCUT2D eigenvalue weighted by atomic mass is 9.78. The summed E-state index contributed by atoms with van der Waals surface area (Å²) in [5.41, 5.74) is 4.19. The van der Waals surface area contributed by atoms with E-state index in [1.165, 1.54) is 0 Å². The second kappa shape index (κ2) is 8.38. The number of hydrogen-bond donors (Lipinski definition) is 1. The van der Waals surface area contributed by atoms with Crippen LogP contribution in [0.4, 0.5) is 17.6 Å². The molecule has 3 aliphatic rings. The number of fused-ring (bicyclic) bond motifs is 2. The van der Waals surface area contributed by atoms with E-state index in [2.05, 4.69) is 0 Å². The molecule has 2 aromatic carbocycles. The molecule has 1 saturated carbocycles. The van der Waals surface area contributed by atoms with Gasteiger partial charge in [-0.3, -0.25) is 4.90 Å². The number of alkyl halides is 2. The summed E-state index contributed by atoms with van der Waals surface area (Å²) >= 11 is 0. The normalized spacial score (nSPS) is 24.3. The number of carboxylic acid groups (broad SMARTS) is 1. The number of carboxylic acids is 1. The molecule has 3 nitrogen and oxygen atoms in total. The minimum absolute atomic E-state index is 0.0884. The van der Waals surface area contributed by atoms with Gasteiger partial charge in [0, 0.05) is 37.1 Å². The van der Waals surface area contributed by atoms with Gasteiger partial charge in [0.15, 0.2) is 0 Å². The molecule has 1 aliphatic heterocycles. The lowest BCUT2D eigenvalue weighted by Gasteiger charge is -2.46. The van der Waals surface area contributed by atoms with E-state index in [1.54, 1.807) is 0 Å². The third-order valence-electron chi connectivity index (χ3n) is 7.28. The maximum absolute atomic E-state index is 15.5. The van der Waals surface area contributed by atoms with E-state index in [0.29, 0.717) is 19.4 Å². The fraction of sp³-hybridized carbons (Fsp3) is 0.370. The Kier molecular flexibility index (Phi) is 5.63. The van der Waals surface area contributed by atoms with Crippen molar-refractivity contribution in [2.45, 2.75) is 50.6 Å². The highest BCUT2D eigenvalue weighted by molar-refractivity contribution is 5.85. The second-order valence-electron chi connectivity index (χ2n) is 9.69. The van der Waals surface area contributed by atoms with E-state index in [1.807, 2.05) is 36.1 Å². The molecule has 2 aromatic rings. The van der Waals surface area contributed by atoms with Crippen molar-refractivity contribution in [3.8, 4) is 0 Å². The standard InChI is InChI=1S/C27H25F4NO2/c1-15-8-20-19-5-3-2-4-18(19)11-21(20)26(32(15)14-17-12-27(30,31)13-17)25-22(28)9-16(10-23(25)29)6-7-24(33)34/h2-7,9-10,15,17,26H,8,11-14H2,1H3,(H,33,34)/b7-6+/t15-,26+/m1/s1. The third-order valence-corrected chi connectivity index (χ3v) is 7.28. The zero-order chi connectivity index (χ0) is 24.2. The predicted octanol–water partition coefficient (Wildman–Crippen LogP) is 6.25. The molecule has 1 heterocycles. The maximum Gasteiger partial charge on any atom is 0.328 e. The van der Waals surface area contributed by atoms with Crippen molar-refractivity contribution in [3.63, 3.8) is 0 Å². The third kappa shape index (κ3) is 4.06. The summed E-state index contributed by atoms with van der Waals surface area (Å²) in [5, 5.41) is 8.83. The lowest BCUT2D eigenvalue weighted by molar-refractivity contribution is -0.131. The molecule has 0 radical (unpaired) electrons. The van der Waals surface area contributed by atoms with E-state index in [0.717, 1.165) is 46.6 Å². The molecular formula is C27H25F4NO2. The van der Waals surface area contributed by atoms with Gasteiger partial charge in [0.25, 0.3) is 0 Å². The molecule has 0 aromatic heterocycles. The van der Waals surface area contributed by atoms with Gasteiger partial charge in [0.2, 0.25) is 5.92 Å². The predicted molar refractivity (Wildman–Crippen MR) is 121 cm³/mol. The molecule has 0 amide bonds. The summed E-state index contributed by atoms with van der Waals surface area (Å²) < 4.78 is 58.1. The van der Waals surface area contributed by atoms with Crippen LogP contribution >= 0.6 is 0 Å². The first kappa shape index (κ1) is 22.8. The van der Waals surface area contributed by atoms with Crippen LogP contribution in [-0.2, 0) is 11.2 Å². The van der Waals surface area contributed by atoms with Gasteiger partial charge in [-0.15, -0.1) is 0 Å². The highest BCUT2D eigenvalue weighted by atomic mass is 19.3. The number of aliphatic carboxylic acids is 1. The number of carbonyl (C=O) groups is 1. The number of nitrogens with zero attached hydrogens (tertiary/aromatic N) is 1. The molecule has 7 heteroatoms. The first-order valence-corrected chi connectivity index (χ1v) is 11.5. The van der Waals surface area contributed by atoms with Crippen LogP contribution in [0.15, 0.2) is 48.0 Å². The maximum atomic E-state index is 15.5. The van der Waals surface area contributed by atoms with Crippen molar-refractivity contribution in [1.82, 2.24) is 4.90 Å². The van der Waals surface area contributed by atoms with Crippen molar-refractivity contribution in [2.75, 3.05) is 6.54 Å². The smallest absolute Gasteiger partial charge is 0.328 e. The second-order valence-corrected chi connectivity index (χ2v) is 9.69. The summed E-state index contributed by atoms with van der Waals surface area (Å²) in [4.78, 5) is 12.8. The number of halogens is 4. The average molecular weight is 471 g/mol. The minimum atomic E-state index is -2.66. The van der Waals surface area contributed by atoms with Crippen molar-refractivity contribution in [3.05, 3.63) is 81.9 Å². The van der Waals surface area contributed by atoms with Gasteiger partial charge in [0.05, 0.1) is 6.04 Å². The van der Waals surface area contributed by atoms with Crippen LogP contribution < -0.4 is 0 Å². The van der Waals surface area contributed by atoms with E-state index in [4.69, 9.17) is 5.11 Å². The summed E-state index contributed by atoms with van der Waals surface area (Å²) in [6.07, 6.45) is 2.80. The van der Waals surface area contributed by atoms with Crippen LogP contribution in [0.1, 0.15) is 54.5 Å². The fourth-order valence-electron chi connectivity index (χ4n) is 5.79. The van der Waals surface area contributed by atoms with Gasteiger partial charge in [-0.25, -0.2) is 22.4 Å². The summed E-state index contributed by atoms with van der Waals surface area (Å²) in [5.74, 6) is -5.64.